The number of phenolic OH excluding ortho intramolecular Hbond substituents is 1. The fourth-order valence-corrected chi connectivity index (χ4v) is 2.43. The van der Waals surface area contributed by atoms with Gasteiger partial charge in [-0.3, -0.25) is 4.79 Å². The molecule has 1 aliphatic carbocycles. The lowest BCUT2D eigenvalue weighted by molar-refractivity contribution is -0.147. The second kappa shape index (κ2) is 3.73. The molecule has 0 spiro atoms. The number of aromatic hydroxyl groups is 1. The third kappa shape index (κ3) is 1.50. The third-order valence-corrected chi connectivity index (χ3v) is 3.79. The van der Waals surface area contributed by atoms with Gasteiger partial charge in [0, 0.05) is 0 Å². The van der Waals surface area contributed by atoms with Gasteiger partial charge in [-0.1, -0.05) is 6.42 Å². The SMILES string of the molecule is O=C(O)C1(c2cc(F)c(O)c(Br)c2)CCC1. The number of carboxylic acid groups (broad SMARTS) is 1. The lowest BCUT2D eigenvalue weighted by Gasteiger charge is -2.38. The molecule has 2 rings (SSSR count). The van der Waals surface area contributed by atoms with Crippen LogP contribution in [0.1, 0.15) is 24.8 Å². The molecule has 1 aliphatic rings. The van der Waals surface area contributed by atoms with Crippen molar-refractivity contribution < 1.29 is 19.4 Å². The summed E-state index contributed by atoms with van der Waals surface area (Å²) in [7, 11) is 0. The van der Waals surface area contributed by atoms with Crippen LogP contribution in [0.4, 0.5) is 4.39 Å². The first-order chi connectivity index (χ1) is 7.47. The molecule has 0 bridgehead atoms. The molecule has 0 saturated heterocycles. The van der Waals surface area contributed by atoms with Gasteiger partial charge in [0.2, 0.25) is 0 Å². The van der Waals surface area contributed by atoms with Gasteiger partial charge in [0.15, 0.2) is 11.6 Å². The molecule has 0 aliphatic heterocycles. The molecule has 0 heterocycles. The predicted molar refractivity (Wildman–Crippen MR) is 58.9 cm³/mol. The van der Waals surface area contributed by atoms with E-state index in [0.717, 1.165) is 12.5 Å². The Kier molecular flexibility index (Phi) is 2.66. The number of carboxylic acids is 1. The van der Waals surface area contributed by atoms with Crippen LogP contribution in [-0.4, -0.2) is 16.2 Å². The summed E-state index contributed by atoms with van der Waals surface area (Å²) in [5.41, 5.74) is -0.565. The quantitative estimate of drug-likeness (QED) is 0.880. The van der Waals surface area contributed by atoms with Crippen LogP contribution in [0, 0.1) is 5.82 Å². The summed E-state index contributed by atoms with van der Waals surface area (Å²) in [6.07, 6.45) is 1.85. The van der Waals surface area contributed by atoms with Gasteiger partial charge in [-0.2, -0.15) is 0 Å². The van der Waals surface area contributed by atoms with E-state index < -0.39 is 23.0 Å². The van der Waals surface area contributed by atoms with Crippen molar-refractivity contribution in [2.75, 3.05) is 0 Å². The van der Waals surface area contributed by atoms with Crippen LogP contribution in [0.3, 0.4) is 0 Å². The van der Waals surface area contributed by atoms with Crippen LogP contribution < -0.4 is 0 Å². The van der Waals surface area contributed by atoms with Crippen molar-refractivity contribution in [3.05, 3.63) is 28.0 Å². The first-order valence-electron chi connectivity index (χ1n) is 4.89. The highest BCUT2D eigenvalue weighted by molar-refractivity contribution is 9.10. The summed E-state index contributed by atoms with van der Waals surface area (Å²) < 4.78 is 13.5. The summed E-state index contributed by atoms with van der Waals surface area (Å²) in [5.74, 6) is -2.21. The second-order valence-corrected chi connectivity index (χ2v) is 4.88. The number of aliphatic carboxylic acids is 1. The van der Waals surface area contributed by atoms with Crippen molar-refractivity contribution in [2.45, 2.75) is 24.7 Å². The predicted octanol–water partition coefficient (Wildman–Crippen LogP) is 2.80. The van der Waals surface area contributed by atoms with Crippen LogP contribution in [0.5, 0.6) is 5.75 Å². The molecule has 1 aromatic carbocycles. The minimum Gasteiger partial charge on any atom is -0.504 e. The van der Waals surface area contributed by atoms with Crippen molar-refractivity contribution in [3.8, 4) is 5.75 Å². The number of phenols is 1. The minimum absolute atomic E-state index is 0.190. The highest BCUT2D eigenvalue weighted by Crippen LogP contribution is 2.46. The zero-order valence-electron chi connectivity index (χ0n) is 8.33. The second-order valence-electron chi connectivity index (χ2n) is 4.03. The van der Waals surface area contributed by atoms with Gasteiger partial charge in [-0.05, 0) is 46.5 Å². The summed E-state index contributed by atoms with van der Waals surface area (Å²) in [5, 5.41) is 18.4. The molecule has 2 N–H and O–H groups in total. The van der Waals surface area contributed by atoms with Crippen molar-refractivity contribution in [2.24, 2.45) is 0 Å². The molecule has 0 amide bonds. The van der Waals surface area contributed by atoms with Crippen molar-refractivity contribution >= 4 is 21.9 Å². The zero-order valence-corrected chi connectivity index (χ0v) is 9.92. The summed E-state index contributed by atoms with van der Waals surface area (Å²) in [6.45, 7) is 0. The van der Waals surface area contributed by atoms with Gasteiger partial charge in [0.05, 0.1) is 9.89 Å². The minimum atomic E-state index is -0.975. The van der Waals surface area contributed by atoms with Crippen molar-refractivity contribution in [1.29, 1.82) is 0 Å². The summed E-state index contributed by atoms with van der Waals surface area (Å²) >= 11 is 3.01. The Morgan fingerprint density at radius 2 is 2.06 bits per heavy atom. The Labute approximate surface area is 100 Å². The van der Waals surface area contributed by atoms with E-state index in [1.54, 1.807) is 0 Å². The highest BCUT2D eigenvalue weighted by Gasteiger charge is 2.46. The molecule has 1 fully saturated rings. The molecule has 1 saturated carbocycles. The average molecular weight is 289 g/mol. The number of rotatable bonds is 2. The number of hydrogen-bond acceptors (Lipinski definition) is 2. The number of halogens is 2. The molecule has 0 aromatic heterocycles. The topological polar surface area (TPSA) is 57.5 Å². The molecule has 0 radical (unpaired) electrons. The monoisotopic (exact) mass is 288 g/mol. The van der Waals surface area contributed by atoms with E-state index in [-0.39, 0.29) is 4.47 Å². The molecular formula is C11H10BrFO3. The van der Waals surface area contributed by atoms with Crippen LogP contribution in [0.15, 0.2) is 16.6 Å². The van der Waals surface area contributed by atoms with Crippen LogP contribution in [0.2, 0.25) is 0 Å². The number of carbonyl (C=O) groups is 1. The van der Waals surface area contributed by atoms with E-state index in [4.69, 9.17) is 0 Å². The van der Waals surface area contributed by atoms with Gasteiger partial charge < -0.3 is 10.2 Å². The largest absolute Gasteiger partial charge is 0.504 e. The van der Waals surface area contributed by atoms with E-state index in [1.165, 1.54) is 6.07 Å². The smallest absolute Gasteiger partial charge is 0.314 e. The maximum absolute atomic E-state index is 13.3. The Hall–Kier alpha value is -1.10. The van der Waals surface area contributed by atoms with E-state index >= 15 is 0 Å². The lowest BCUT2D eigenvalue weighted by Crippen LogP contribution is -2.42. The van der Waals surface area contributed by atoms with Crippen LogP contribution >= 0.6 is 15.9 Å². The standard InChI is InChI=1S/C11H10BrFO3/c12-7-4-6(5-8(13)9(7)14)11(10(15)16)2-1-3-11/h4-5,14H,1-3H2,(H,15,16). The fraction of sp³-hybridized carbons (Fsp3) is 0.364. The van der Waals surface area contributed by atoms with E-state index in [0.29, 0.717) is 18.4 Å². The van der Waals surface area contributed by atoms with Gasteiger partial charge in [-0.15, -0.1) is 0 Å². The maximum Gasteiger partial charge on any atom is 0.314 e. The van der Waals surface area contributed by atoms with Crippen molar-refractivity contribution in [3.63, 3.8) is 0 Å². The Bertz CT molecular complexity index is 432. The number of benzene rings is 1. The van der Waals surface area contributed by atoms with E-state index in [2.05, 4.69) is 15.9 Å². The summed E-state index contributed by atoms with van der Waals surface area (Å²) in [4.78, 5) is 11.2. The third-order valence-electron chi connectivity index (χ3n) is 3.19. The normalized spacial score (nSPS) is 17.9. The Morgan fingerprint density at radius 1 is 1.44 bits per heavy atom. The van der Waals surface area contributed by atoms with Gasteiger partial charge in [-0.25, -0.2) is 4.39 Å². The molecule has 0 atom stereocenters. The first kappa shape index (κ1) is 11.4. The molecule has 1 aromatic rings. The maximum atomic E-state index is 13.3. The number of hydrogen-bond donors (Lipinski definition) is 2. The van der Waals surface area contributed by atoms with Crippen LogP contribution in [0.25, 0.3) is 0 Å². The molecule has 16 heavy (non-hydrogen) atoms. The molecule has 3 nitrogen and oxygen atoms in total. The van der Waals surface area contributed by atoms with Gasteiger partial charge in [0.25, 0.3) is 0 Å². The molecule has 86 valence electrons. The molecule has 0 unspecified atom stereocenters. The zero-order chi connectivity index (χ0) is 11.9. The van der Waals surface area contributed by atoms with Crippen LogP contribution in [-0.2, 0) is 10.2 Å². The Morgan fingerprint density at radius 3 is 2.44 bits per heavy atom. The Balaban J connectivity index is 2.52. The van der Waals surface area contributed by atoms with Gasteiger partial charge in [0.1, 0.15) is 0 Å². The molecular weight excluding hydrogens is 279 g/mol. The van der Waals surface area contributed by atoms with Gasteiger partial charge >= 0.3 is 5.97 Å². The van der Waals surface area contributed by atoms with Crippen molar-refractivity contribution in [1.82, 2.24) is 0 Å². The average Bonchev–Trinajstić information content (AvgIpc) is 2.11. The van der Waals surface area contributed by atoms with E-state index in [9.17, 15) is 19.4 Å². The first-order valence-corrected chi connectivity index (χ1v) is 5.68. The summed E-state index contributed by atoms with van der Waals surface area (Å²) in [6, 6.07) is 2.58. The fourth-order valence-electron chi connectivity index (χ4n) is 2.00. The highest BCUT2D eigenvalue weighted by atomic mass is 79.9. The molecule has 5 heteroatoms. The van der Waals surface area contributed by atoms with E-state index in [1.807, 2.05) is 0 Å². The lowest BCUT2D eigenvalue weighted by atomic mass is 9.64.